The van der Waals surface area contributed by atoms with Crippen LogP contribution >= 0.6 is 0 Å². The fourth-order valence-corrected chi connectivity index (χ4v) is 2.78. The normalized spacial score (nSPS) is 10.6. The van der Waals surface area contributed by atoms with Crippen LogP contribution < -0.4 is 0 Å². The molecule has 0 unspecified atom stereocenters. The molecule has 0 aliphatic rings. The van der Waals surface area contributed by atoms with Gasteiger partial charge in [-0.25, -0.2) is 4.79 Å². The molecule has 0 heterocycles. The van der Waals surface area contributed by atoms with E-state index in [2.05, 4.69) is 13.5 Å². The van der Waals surface area contributed by atoms with E-state index in [1.165, 1.54) is 77.0 Å². The first kappa shape index (κ1) is 23.7. The average molecular weight is 355 g/mol. The Morgan fingerprint density at radius 3 is 1.56 bits per heavy atom. The number of carboxylic acid groups (broad SMARTS) is 1. The number of rotatable bonds is 18. The summed E-state index contributed by atoms with van der Waals surface area (Å²) in [7, 11) is 0. The first-order valence-electron chi connectivity index (χ1n) is 10.1. The molecule has 0 aromatic carbocycles. The molecule has 1 N–H and O–H groups in total. The first-order chi connectivity index (χ1) is 12.1. The number of carboxylic acids is 1. The topological polar surface area (TPSA) is 63.6 Å². The van der Waals surface area contributed by atoms with Crippen molar-refractivity contribution in [1.29, 1.82) is 0 Å². The Bertz CT molecular complexity index is 363. The van der Waals surface area contributed by atoms with Crippen molar-refractivity contribution in [1.82, 2.24) is 0 Å². The average Bonchev–Trinajstić information content (AvgIpc) is 2.58. The van der Waals surface area contributed by atoms with Crippen molar-refractivity contribution in [3.05, 3.63) is 12.2 Å². The van der Waals surface area contributed by atoms with Gasteiger partial charge in [-0.3, -0.25) is 4.79 Å². The summed E-state index contributed by atoms with van der Waals surface area (Å²) in [6.07, 6.45) is 17.8. The van der Waals surface area contributed by atoms with Crippen LogP contribution in [0.2, 0.25) is 0 Å². The number of unbranched alkanes of at least 4 members (excludes halogenated alkanes) is 13. The molecule has 4 heteroatoms. The molecule has 0 amide bonds. The highest BCUT2D eigenvalue weighted by Crippen LogP contribution is 2.13. The van der Waals surface area contributed by atoms with Crippen LogP contribution in [0.3, 0.4) is 0 Å². The molecule has 0 radical (unpaired) electrons. The fraction of sp³-hybridized carbons (Fsp3) is 0.810. The minimum absolute atomic E-state index is 0.119. The van der Waals surface area contributed by atoms with E-state index in [0.29, 0.717) is 6.61 Å². The predicted octanol–water partition coefficient (Wildman–Crippen LogP) is 6.04. The van der Waals surface area contributed by atoms with Gasteiger partial charge in [-0.05, 0) is 6.42 Å². The molecule has 0 saturated carbocycles. The fourth-order valence-electron chi connectivity index (χ4n) is 2.78. The highest BCUT2D eigenvalue weighted by molar-refractivity contribution is 5.91. The molecule has 0 aromatic heterocycles. The Labute approximate surface area is 154 Å². The molecular weight excluding hydrogens is 316 g/mol. The second-order valence-corrected chi connectivity index (χ2v) is 6.90. The largest absolute Gasteiger partial charge is 0.478 e. The molecule has 0 aromatic rings. The monoisotopic (exact) mass is 354 g/mol. The molecule has 0 bridgehead atoms. The number of hydrogen-bond donors (Lipinski definition) is 1. The molecule has 4 nitrogen and oxygen atoms in total. The number of aliphatic carboxylic acids is 1. The molecule has 25 heavy (non-hydrogen) atoms. The molecule has 0 spiro atoms. The molecule has 0 rings (SSSR count). The minimum Gasteiger partial charge on any atom is -0.478 e. The quantitative estimate of drug-likeness (QED) is 0.185. The van der Waals surface area contributed by atoms with Gasteiger partial charge in [0.15, 0.2) is 0 Å². The predicted molar refractivity (Wildman–Crippen MR) is 103 cm³/mol. The summed E-state index contributed by atoms with van der Waals surface area (Å²) in [5.41, 5.74) is -0.119. The van der Waals surface area contributed by atoms with Crippen molar-refractivity contribution in [3.63, 3.8) is 0 Å². The van der Waals surface area contributed by atoms with Gasteiger partial charge in [-0.1, -0.05) is 97.0 Å². The van der Waals surface area contributed by atoms with Gasteiger partial charge in [0.05, 0.1) is 13.0 Å². The maximum absolute atomic E-state index is 11.3. The zero-order valence-corrected chi connectivity index (χ0v) is 16.2. The summed E-state index contributed by atoms with van der Waals surface area (Å²) in [4.78, 5) is 21.9. The SMILES string of the molecule is C=C(CC(=O)OCCCCCCCCCCCCCCCC)C(=O)O. The highest BCUT2D eigenvalue weighted by Gasteiger charge is 2.10. The summed E-state index contributed by atoms with van der Waals surface area (Å²) in [5.74, 6) is -1.64. The third-order valence-corrected chi connectivity index (χ3v) is 4.42. The van der Waals surface area contributed by atoms with E-state index in [1.807, 2.05) is 0 Å². The van der Waals surface area contributed by atoms with Crippen LogP contribution in [0.5, 0.6) is 0 Å². The summed E-state index contributed by atoms with van der Waals surface area (Å²) in [6.45, 7) is 5.95. The lowest BCUT2D eigenvalue weighted by molar-refractivity contribution is -0.144. The zero-order chi connectivity index (χ0) is 18.8. The second kappa shape index (κ2) is 17.5. The van der Waals surface area contributed by atoms with Crippen LogP contribution in [0, 0.1) is 0 Å². The summed E-state index contributed by atoms with van der Waals surface area (Å²) in [5, 5.41) is 8.63. The second-order valence-electron chi connectivity index (χ2n) is 6.90. The smallest absolute Gasteiger partial charge is 0.331 e. The van der Waals surface area contributed by atoms with E-state index in [4.69, 9.17) is 9.84 Å². The Hall–Kier alpha value is -1.32. The van der Waals surface area contributed by atoms with Crippen LogP contribution in [0.25, 0.3) is 0 Å². The van der Waals surface area contributed by atoms with Gasteiger partial charge in [-0.2, -0.15) is 0 Å². The lowest BCUT2D eigenvalue weighted by atomic mass is 10.0. The Balaban J connectivity index is 3.20. The van der Waals surface area contributed by atoms with E-state index in [9.17, 15) is 9.59 Å². The van der Waals surface area contributed by atoms with Crippen molar-refractivity contribution < 1.29 is 19.4 Å². The third kappa shape index (κ3) is 17.3. The van der Waals surface area contributed by atoms with Crippen LogP contribution in [-0.2, 0) is 14.3 Å². The molecule has 0 aliphatic carbocycles. The van der Waals surface area contributed by atoms with E-state index in [-0.39, 0.29) is 12.0 Å². The number of carbonyl (C=O) groups is 2. The van der Waals surface area contributed by atoms with E-state index in [0.717, 1.165) is 12.8 Å². The van der Waals surface area contributed by atoms with Gasteiger partial charge in [0.1, 0.15) is 0 Å². The molecule has 0 aliphatic heterocycles. The summed E-state index contributed by atoms with van der Waals surface area (Å²) in [6, 6.07) is 0. The van der Waals surface area contributed by atoms with E-state index in [1.54, 1.807) is 0 Å². The molecule has 0 fully saturated rings. The van der Waals surface area contributed by atoms with Gasteiger partial charge in [0.2, 0.25) is 0 Å². The lowest BCUT2D eigenvalue weighted by Crippen LogP contribution is -2.10. The molecule has 0 saturated heterocycles. The van der Waals surface area contributed by atoms with Gasteiger partial charge >= 0.3 is 11.9 Å². The minimum atomic E-state index is -1.14. The van der Waals surface area contributed by atoms with E-state index < -0.39 is 11.9 Å². The molecule has 146 valence electrons. The standard InChI is InChI=1S/C21H38O4/c1-3-4-5-6-7-8-9-10-11-12-13-14-15-16-17-25-20(22)18-19(2)21(23)24/h2-18H2,1H3,(H,23,24). The van der Waals surface area contributed by atoms with Crippen molar-refractivity contribution in [2.45, 2.75) is 103 Å². The van der Waals surface area contributed by atoms with Crippen LogP contribution in [0.4, 0.5) is 0 Å². The highest BCUT2D eigenvalue weighted by atomic mass is 16.5. The summed E-state index contributed by atoms with van der Waals surface area (Å²) < 4.78 is 5.01. The van der Waals surface area contributed by atoms with Gasteiger partial charge < -0.3 is 9.84 Å². The van der Waals surface area contributed by atoms with Crippen LogP contribution in [0.15, 0.2) is 12.2 Å². The number of ether oxygens (including phenoxy) is 1. The Morgan fingerprint density at radius 1 is 0.760 bits per heavy atom. The number of carbonyl (C=O) groups excluding carboxylic acids is 1. The maximum atomic E-state index is 11.3. The molecular formula is C21H38O4. The van der Waals surface area contributed by atoms with Crippen LogP contribution in [-0.4, -0.2) is 23.7 Å². The maximum Gasteiger partial charge on any atom is 0.331 e. The van der Waals surface area contributed by atoms with E-state index >= 15 is 0 Å². The zero-order valence-electron chi connectivity index (χ0n) is 16.2. The Morgan fingerprint density at radius 2 is 1.16 bits per heavy atom. The van der Waals surface area contributed by atoms with Crippen molar-refractivity contribution in [3.8, 4) is 0 Å². The van der Waals surface area contributed by atoms with Crippen molar-refractivity contribution in [2.75, 3.05) is 6.61 Å². The van der Waals surface area contributed by atoms with Crippen molar-refractivity contribution >= 4 is 11.9 Å². The lowest BCUT2D eigenvalue weighted by Gasteiger charge is -2.05. The van der Waals surface area contributed by atoms with Gasteiger partial charge in [0, 0.05) is 5.57 Å². The number of esters is 1. The first-order valence-corrected chi connectivity index (χ1v) is 10.1. The third-order valence-electron chi connectivity index (χ3n) is 4.42. The van der Waals surface area contributed by atoms with Gasteiger partial charge in [-0.15, -0.1) is 0 Å². The van der Waals surface area contributed by atoms with Gasteiger partial charge in [0.25, 0.3) is 0 Å². The summed E-state index contributed by atoms with van der Waals surface area (Å²) >= 11 is 0. The molecule has 0 atom stereocenters. The Kier molecular flexibility index (Phi) is 16.6. The van der Waals surface area contributed by atoms with Crippen molar-refractivity contribution in [2.24, 2.45) is 0 Å². The number of hydrogen-bond acceptors (Lipinski definition) is 3. The van der Waals surface area contributed by atoms with Crippen LogP contribution in [0.1, 0.15) is 103 Å².